The Morgan fingerprint density at radius 3 is 2.44 bits per heavy atom. The molecule has 1 atom stereocenters. The van der Waals surface area contributed by atoms with Gasteiger partial charge in [-0.2, -0.15) is 0 Å². The Hall–Kier alpha value is -0.630. The van der Waals surface area contributed by atoms with Crippen molar-refractivity contribution >= 4 is 5.78 Å². The van der Waals surface area contributed by atoms with Gasteiger partial charge in [0.15, 0.2) is 5.78 Å². The quantitative estimate of drug-likeness (QED) is 0.591. The molecule has 0 radical (unpaired) electrons. The Labute approximate surface area is 99.1 Å². The van der Waals surface area contributed by atoms with Gasteiger partial charge >= 0.3 is 0 Å². The standard InChI is InChI=1S/C14H24O2/c1-10(2)7-13(15)14(8-11(3)4)16-9-12-5-6-12/h10,12,14H,3,5-9H2,1-2,4H3. The van der Waals surface area contributed by atoms with E-state index in [1.54, 1.807) is 0 Å². The molecule has 1 rings (SSSR count). The molecule has 1 aliphatic carbocycles. The maximum absolute atomic E-state index is 12.0. The lowest BCUT2D eigenvalue weighted by Gasteiger charge is -2.17. The minimum absolute atomic E-state index is 0.235. The van der Waals surface area contributed by atoms with Crippen LogP contribution in [-0.2, 0) is 9.53 Å². The molecule has 92 valence electrons. The van der Waals surface area contributed by atoms with Crippen LogP contribution in [0.1, 0.15) is 46.5 Å². The lowest BCUT2D eigenvalue weighted by molar-refractivity contribution is -0.131. The zero-order valence-electron chi connectivity index (χ0n) is 10.8. The molecule has 2 heteroatoms. The Kier molecular flexibility index (Phi) is 5.20. The molecule has 1 saturated carbocycles. The molecule has 1 unspecified atom stereocenters. The summed E-state index contributed by atoms with van der Waals surface area (Å²) in [5.41, 5.74) is 1.03. The van der Waals surface area contributed by atoms with Gasteiger partial charge in [0, 0.05) is 12.8 Å². The van der Waals surface area contributed by atoms with Gasteiger partial charge in [-0.05, 0) is 31.6 Å². The van der Waals surface area contributed by atoms with Crippen molar-refractivity contribution in [1.82, 2.24) is 0 Å². The number of Topliss-reactive ketones (excluding diaryl/α,β-unsaturated/α-hetero) is 1. The van der Waals surface area contributed by atoms with Gasteiger partial charge in [0.1, 0.15) is 6.10 Å². The van der Waals surface area contributed by atoms with Crippen molar-refractivity contribution in [2.75, 3.05) is 6.61 Å². The molecule has 1 fully saturated rings. The molecule has 2 nitrogen and oxygen atoms in total. The SMILES string of the molecule is C=C(C)CC(OCC1CC1)C(=O)CC(C)C. The van der Waals surface area contributed by atoms with Gasteiger partial charge in [-0.3, -0.25) is 4.79 Å². The summed E-state index contributed by atoms with van der Waals surface area (Å²) in [7, 11) is 0. The fourth-order valence-corrected chi connectivity index (χ4v) is 1.65. The number of carbonyl (C=O) groups excluding carboxylic acids is 1. The zero-order valence-corrected chi connectivity index (χ0v) is 10.8. The third kappa shape index (κ3) is 5.45. The minimum Gasteiger partial charge on any atom is -0.370 e. The molecular formula is C14H24O2. The number of hydrogen-bond acceptors (Lipinski definition) is 2. The topological polar surface area (TPSA) is 26.3 Å². The first-order chi connectivity index (χ1) is 7.49. The number of ketones is 1. The van der Waals surface area contributed by atoms with Crippen molar-refractivity contribution in [2.24, 2.45) is 11.8 Å². The van der Waals surface area contributed by atoms with Crippen molar-refractivity contribution in [1.29, 1.82) is 0 Å². The van der Waals surface area contributed by atoms with E-state index >= 15 is 0 Å². The predicted molar refractivity (Wildman–Crippen MR) is 66.4 cm³/mol. The van der Waals surface area contributed by atoms with Crippen LogP contribution in [0, 0.1) is 11.8 Å². The lowest BCUT2D eigenvalue weighted by atomic mass is 9.99. The maximum Gasteiger partial charge on any atom is 0.162 e. The molecule has 0 bridgehead atoms. The van der Waals surface area contributed by atoms with Crippen molar-refractivity contribution in [2.45, 2.75) is 52.6 Å². The predicted octanol–water partition coefficient (Wildman–Crippen LogP) is 3.36. The van der Waals surface area contributed by atoms with E-state index in [0.29, 0.717) is 24.7 Å². The van der Waals surface area contributed by atoms with Crippen LogP contribution in [0.15, 0.2) is 12.2 Å². The Bertz CT molecular complexity index is 251. The van der Waals surface area contributed by atoms with Crippen LogP contribution in [0.3, 0.4) is 0 Å². The van der Waals surface area contributed by atoms with Crippen LogP contribution in [0.2, 0.25) is 0 Å². The van der Waals surface area contributed by atoms with Gasteiger partial charge in [0.25, 0.3) is 0 Å². The fourth-order valence-electron chi connectivity index (χ4n) is 1.65. The summed E-state index contributed by atoms with van der Waals surface area (Å²) in [4.78, 5) is 12.0. The fraction of sp³-hybridized carbons (Fsp3) is 0.786. The second-order valence-corrected chi connectivity index (χ2v) is 5.49. The van der Waals surface area contributed by atoms with E-state index in [-0.39, 0.29) is 11.9 Å². The highest BCUT2D eigenvalue weighted by atomic mass is 16.5. The molecule has 0 aromatic carbocycles. The molecule has 1 aliphatic rings. The largest absolute Gasteiger partial charge is 0.370 e. The van der Waals surface area contributed by atoms with Gasteiger partial charge in [0.2, 0.25) is 0 Å². The van der Waals surface area contributed by atoms with Crippen LogP contribution in [0.5, 0.6) is 0 Å². The Morgan fingerprint density at radius 2 is 2.00 bits per heavy atom. The van der Waals surface area contributed by atoms with E-state index in [1.165, 1.54) is 12.8 Å². The van der Waals surface area contributed by atoms with Gasteiger partial charge in [-0.25, -0.2) is 0 Å². The average Bonchev–Trinajstić information content (AvgIpc) is 2.93. The molecule has 0 amide bonds. The summed E-state index contributed by atoms with van der Waals surface area (Å²) in [6, 6.07) is 0. The minimum atomic E-state index is -0.250. The molecule has 0 saturated heterocycles. The second kappa shape index (κ2) is 6.19. The summed E-state index contributed by atoms with van der Waals surface area (Å²) in [6.07, 6.45) is 3.57. The van der Waals surface area contributed by atoms with Crippen molar-refractivity contribution in [3.8, 4) is 0 Å². The van der Waals surface area contributed by atoms with Gasteiger partial charge in [-0.15, -0.1) is 6.58 Å². The van der Waals surface area contributed by atoms with Gasteiger partial charge in [0.05, 0.1) is 6.61 Å². The van der Waals surface area contributed by atoms with E-state index in [9.17, 15) is 4.79 Å². The smallest absolute Gasteiger partial charge is 0.162 e. The zero-order chi connectivity index (χ0) is 12.1. The van der Waals surface area contributed by atoms with Gasteiger partial charge in [-0.1, -0.05) is 19.4 Å². The number of carbonyl (C=O) groups is 1. The maximum atomic E-state index is 12.0. The summed E-state index contributed by atoms with van der Waals surface area (Å²) < 4.78 is 5.73. The Morgan fingerprint density at radius 1 is 1.38 bits per heavy atom. The first-order valence-electron chi connectivity index (χ1n) is 6.27. The summed E-state index contributed by atoms with van der Waals surface area (Å²) in [5.74, 6) is 1.35. The molecule has 0 aromatic rings. The number of ether oxygens (including phenoxy) is 1. The highest BCUT2D eigenvalue weighted by Crippen LogP contribution is 2.29. The van der Waals surface area contributed by atoms with Crippen molar-refractivity contribution in [3.05, 3.63) is 12.2 Å². The first-order valence-corrected chi connectivity index (χ1v) is 6.27. The molecule has 16 heavy (non-hydrogen) atoms. The summed E-state index contributed by atoms with van der Waals surface area (Å²) in [5, 5.41) is 0. The van der Waals surface area contributed by atoms with E-state index in [1.807, 2.05) is 6.92 Å². The molecule has 0 heterocycles. The molecule has 0 spiro atoms. The highest BCUT2D eigenvalue weighted by molar-refractivity contribution is 5.83. The van der Waals surface area contributed by atoms with E-state index in [2.05, 4.69) is 20.4 Å². The van der Waals surface area contributed by atoms with Gasteiger partial charge < -0.3 is 4.74 Å². The third-order valence-electron chi connectivity index (χ3n) is 2.73. The molecule has 0 aromatic heterocycles. The number of rotatable bonds is 8. The van der Waals surface area contributed by atoms with Crippen LogP contribution < -0.4 is 0 Å². The first kappa shape index (κ1) is 13.4. The van der Waals surface area contributed by atoms with Crippen LogP contribution in [0.25, 0.3) is 0 Å². The Balaban J connectivity index is 2.39. The lowest BCUT2D eigenvalue weighted by Crippen LogP contribution is -2.26. The summed E-state index contributed by atoms with van der Waals surface area (Å²) >= 11 is 0. The van der Waals surface area contributed by atoms with E-state index in [0.717, 1.165) is 12.2 Å². The van der Waals surface area contributed by atoms with Crippen molar-refractivity contribution in [3.63, 3.8) is 0 Å². The van der Waals surface area contributed by atoms with Crippen LogP contribution in [-0.4, -0.2) is 18.5 Å². The number of hydrogen-bond donors (Lipinski definition) is 0. The molecular weight excluding hydrogens is 200 g/mol. The van der Waals surface area contributed by atoms with Crippen molar-refractivity contribution < 1.29 is 9.53 Å². The third-order valence-corrected chi connectivity index (χ3v) is 2.73. The second-order valence-electron chi connectivity index (χ2n) is 5.49. The van der Waals surface area contributed by atoms with E-state index < -0.39 is 0 Å². The van der Waals surface area contributed by atoms with Crippen LogP contribution in [0.4, 0.5) is 0 Å². The highest BCUT2D eigenvalue weighted by Gasteiger charge is 2.26. The monoisotopic (exact) mass is 224 g/mol. The average molecular weight is 224 g/mol. The molecule has 0 aliphatic heterocycles. The van der Waals surface area contributed by atoms with Crippen LogP contribution >= 0.6 is 0 Å². The summed E-state index contributed by atoms with van der Waals surface area (Å²) in [6.45, 7) is 10.7. The van der Waals surface area contributed by atoms with E-state index in [4.69, 9.17) is 4.74 Å². The normalized spacial score (nSPS) is 17.5. The molecule has 0 N–H and O–H groups in total.